The number of nitrogens with zero attached hydrogens (tertiary/aromatic N) is 6. The third-order valence-corrected chi connectivity index (χ3v) is 20.4. The van der Waals surface area contributed by atoms with Gasteiger partial charge >= 0.3 is 0 Å². The van der Waals surface area contributed by atoms with Gasteiger partial charge in [-0.3, -0.25) is 0 Å². The van der Waals surface area contributed by atoms with Crippen molar-refractivity contribution in [3.8, 4) is 45.0 Å². The standard InChI is InChI=1S/C98H72N6/c1-69-93-67-77(43-63-95(93)103(97(69)73-27-9-3-10-28-73)89-59-55-85(56-60-89)99(79-33-13-5-14-34-79)83-47-51-87(52-48-83)101(81-37-17-7-18-38-81)91-45-41-71-25-21-23-31-75(71)65-91)78-44-64-96-94(68-78)70(2)98(74-29-11-4-12-30-74)104(96)90-61-57-86(58-62-90)100(80-35-15-6-16-36-80)84-49-53-88(54-50-84)102(82-39-19-8-20-40-82)92-46-42-72-26-22-24-32-76(72)66-92/h3-68H,1-2H3. The Morgan fingerprint density at radius 2 is 0.423 bits per heavy atom. The Bertz CT molecular complexity index is 5700. The average Bonchev–Trinajstić information content (AvgIpc) is 1.58. The minimum atomic E-state index is 1.06. The van der Waals surface area contributed by atoms with Gasteiger partial charge in [0.25, 0.3) is 0 Å². The quantitative estimate of drug-likeness (QED) is 0.0906. The molecule has 0 N–H and O–H groups in total. The lowest BCUT2D eigenvalue weighted by atomic mass is 9.99. The number of benzene rings is 16. The van der Waals surface area contributed by atoms with Crippen molar-refractivity contribution in [2.45, 2.75) is 13.8 Å². The maximum Gasteiger partial charge on any atom is 0.0570 e. The van der Waals surface area contributed by atoms with Crippen molar-refractivity contribution in [1.82, 2.24) is 9.13 Å². The van der Waals surface area contributed by atoms with Crippen molar-refractivity contribution >= 4 is 112 Å². The molecule has 6 heteroatoms. The Hall–Kier alpha value is -13.7. The smallest absolute Gasteiger partial charge is 0.0570 e. The van der Waals surface area contributed by atoms with Crippen LogP contribution in [-0.2, 0) is 0 Å². The molecule has 18 rings (SSSR count). The summed E-state index contributed by atoms with van der Waals surface area (Å²) < 4.78 is 4.90. The second kappa shape index (κ2) is 27.1. The fourth-order valence-electron chi connectivity index (χ4n) is 15.4. The van der Waals surface area contributed by atoms with Crippen LogP contribution >= 0.6 is 0 Å². The maximum atomic E-state index is 2.45. The topological polar surface area (TPSA) is 22.8 Å². The molecule has 18 aromatic rings. The largest absolute Gasteiger partial charge is 0.311 e. The van der Waals surface area contributed by atoms with E-state index < -0.39 is 0 Å². The molecule has 0 bridgehead atoms. The third-order valence-electron chi connectivity index (χ3n) is 20.4. The van der Waals surface area contributed by atoms with E-state index in [0.717, 1.165) is 113 Å². The number of hydrogen-bond acceptors (Lipinski definition) is 4. The zero-order valence-corrected chi connectivity index (χ0v) is 57.8. The Balaban J connectivity index is 0.680. The summed E-state index contributed by atoms with van der Waals surface area (Å²) in [5, 5.41) is 7.26. The van der Waals surface area contributed by atoms with Crippen LogP contribution in [-0.4, -0.2) is 9.13 Å². The summed E-state index contributed by atoms with van der Waals surface area (Å²) in [7, 11) is 0. The van der Waals surface area contributed by atoms with Crippen molar-refractivity contribution < 1.29 is 0 Å². The van der Waals surface area contributed by atoms with Gasteiger partial charge in [0.2, 0.25) is 0 Å². The average molecular weight is 1330 g/mol. The summed E-state index contributed by atoms with van der Waals surface area (Å²) in [5.41, 5.74) is 26.9. The molecule has 0 atom stereocenters. The van der Waals surface area contributed by atoms with Crippen molar-refractivity contribution in [2.24, 2.45) is 0 Å². The van der Waals surface area contributed by atoms with E-state index in [2.05, 4.69) is 443 Å². The number of para-hydroxylation sites is 4. The van der Waals surface area contributed by atoms with Crippen LogP contribution in [0.3, 0.4) is 0 Å². The molecule has 0 spiro atoms. The molecule has 104 heavy (non-hydrogen) atoms. The zero-order chi connectivity index (χ0) is 69.5. The summed E-state index contributed by atoms with van der Waals surface area (Å²) >= 11 is 0. The summed E-state index contributed by atoms with van der Waals surface area (Å²) in [6.45, 7) is 4.57. The van der Waals surface area contributed by atoms with Crippen LogP contribution in [0.25, 0.3) is 88.4 Å². The first kappa shape index (κ1) is 62.6. The number of hydrogen-bond donors (Lipinski definition) is 0. The molecule has 16 aromatic carbocycles. The van der Waals surface area contributed by atoms with Gasteiger partial charge in [0, 0.05) is 90.4 Å². The fraction of sp³-hybridized carbons (Fsp3) is 0.0204. The SMILES string of the molecule is Cc1c(-c2ccccc2)n(-c2ccc(N(c3ccccc3)c3ccc(N(c4ccccc4)c4ccc5ccccc5c4)cc3)cc2)c2ccc(-c3ccc4c(c3)c(C)c(-c3ccccc3)n4-c3ccc(N(c4ccccc4)c4ccc(N(c5ccccc5)c5ccc6ccccc6c5)cc4)cc3)cc12. The van der Waals surface area contributed by atoms with E-state index in [0.29, 0.717) is 0 Å². The van der Waals surface area contributed by atoms with Crippen LogP contribution in [0.5, 0.6) is 0 Å². The summed E-state index contributed by atoms with van der Waals surface area (Å²) in [6.07, 6.45) is 0. The highest BCUT2D eigenvalue weighted by molar-refractivity contribution is 6.00. The van der Waals surface area contributed by atoms with E-state index in [-0.39, 0.29) is 0 Å². The van der Waals surface area contributed by atoms with Gasteiger partial charge in [-0.05, 0) is 263 Å². The lowest BCUT2D eigenvalue weighted by molar-refractivity contribution is 1.12. The number of rotatable bonds is 17. The van der Waals surface area contributed by atoms with Crippen LogP contribution < -0.4 is 19.6 Å². The zero-order valence-electron chi connectivity index (χ0n) is 57.8. The lowest BCUT2D eigenvalue weighted by Gasteiger charge is -2.28. The molecule has 0 amide bonds. The molecule has 0 saturated heterocycles. The number of fused-ring (bicyclic) bond motifs is 4. The minimum Gasteiger partial charge on any atom is -0.311 e. The van der Waals surface area contributed by atoms with Gasteiger partial charge < -0.3 is 28.7 Å². The Kier molecular flexibility index (Phi) is 16.3. The van der Waals surface area contributed by atoms with Gasteiger partial charge in [-0.2, -0.15) is 0 Å². The van der Waals surface area contributed by atoms with Crippen LogP contribution in [0.1, 0.15) is 11.1 Å². The minimum absolute atomic E-state index is 1.06. The molecule has 494 valence electrons. The molecule has 0 aliphatic carbocycles. The van der Waals surface area contributed by atoms with E-state index >= 15 is 0 Å². The number of aryl methyl sites for hydroxylation is 2. The highest BCUT2D eigenvalue weighted by Gasteiger charge is 2.24. The second-order valence-corrected chi connectivity index (χ2v) is 26.6. The van der Waals surface area contributed by atoms with Gasteiger partial charge in [-0.25, -0.2) is 0 Å². The maximum absolute atomic E-state index is 2.45. The normalized spacial score (nSPS) is 11.4. The summed E-state index contributed by atoms with van der Waals surface area (Å²) in [4.78, 5) is 9.37. The first-order valence-corrected chi connectivity index (χ1v) is 35.6. The van der Waals surface area contributed by atoms with Crippen LogP contribution in [0.2, 0.25) is 0 Å². The Morgan fingerprint density at radius 1 is 0.183 bits per heavy atom. The number of aromatic nitrogens is 2. The molecule has 0 radical (unpaired) electrons. The molecule has 0 saturated carbocycles. The van der Waals surface area contributed by atoms with Gasteiger partial charge in [-0.1, -0.05) is 206 Å². The monoisotopic (exact) mass is 1330 g/mol. The third kappa shape index (κ3) is 11.7. The van der Waals surface area contributed by atoms with Gasteiger partial charge in [-0.15, -0.1) is 0 Å². The second-order valence-electron chi connectivity index (χ2n) is 26.6. The molecule has 0 fully saturated rings. The predicted molar refractivity (Wildman–Crippen MR) is 440 cm³/mol. The van der Waals surface area contributed by atoms with Crippen molar-refractivity contribution in [1.29, 1.82) is 0 Å². The summed E-state index contributed by atoms with van der Waals surface area (Å²) in [6, 6.07) is 145. The Morgan fingerprint density at radius 3 is 0.731 bits per heavy atom. The number of anilines is 12. The highest BCUT2D eigenvalue weighted by atomic mass is 15.2. The van der Waals surface area contributed by atoms with Crippen molar-refractivity contribution in [3.05, 3.63) is 412 Å². The molecular formula is C98H72N6. The molecule has 6 nitrogen and oxygen atoms in total. The van der Waals surface area contributed by atoms with Crippen LogP contribution in [0, 0.1) is 13.8 Å². The molecule has 2 heterocycles. The van der Waals surface area contributed by atoms with Crippen molar-refractivity contribution in [3.63, 3.8) is 0 Å². The van der Waals surface area contributed by atoms with Gasteiger partial charge in [0.1, 0.15) is 0 Å². The van der Waals surface area contributed by atoms with E-state index in [1.165, 1.54) is 54.8 Å². The molecule has 0 unspecified atom stereocenters. The molecule has 0 aliphatic heterocycles. The van der Waals surface area contributed by atoms with E-state index in [1.54, 1.807) is 0 Å². The van der Waals surface area contributed by atoms with E-state index in [1.807, 2.05) is 0 Å². The van der Waals surface area contributed by atoms with Crippen LogP contribution in [0.4, 0.5) is 68.2 Å². The van der Waals surface area contributed by atoms with Gasteiger partial charge in [0.05, 0.1) is 22.4 Å². The molecule has 0 aliphatic rings. The Labute approximate surface area is 607 Å². The van der Waals surface area contributed by atoms with E-state index in [4.69, 9.17) is 0 Å². The van der Waals surface area contributed by atoms with Gasteiger partial charge in [0.15, 0.2) is 0 Å². The molecular weight excluding hydrogens is 1260 g/mol. The first-order chi connectivity index (χ1) is 51.4. The lowest BCUT2D eigenvalue weighted by Crippen LogP contribution is -2.12. The van der Waals surface area contributed by atoms with Crippen molar-refractivity contribution in [2.75, 3.05) is 19.6 Å². The first-order valence-electron chi connectivity index (χ1n) is 35.6. The predicted octanol–water partition coefficient (Wildman–Crippen LogP) is 27.4. The highest BCUT2D eigenvalue weighted by Crippen LogP contribution is 2.46. The summed E-state index contributed by atoms with van der Waals surface area (Å²) in [5.74, 6) is 0. The molecule has 2 aromatic heterocycles. The van der Waals surface area contributed by atoms with Crippen LogP contribution in [0.15, 0.2) is 400 Å². The van der Waals surface area contributed by atoms with E-state index in [9.17, 15) is 0 Å². The fourth-order valence-corrected chi connectivity index (χ4v) is 15.4.